The van der Waals surface area contributed by atoms with E-state index in [0.29, 0.717) is 68.1 Å². The summed E-state index contributed by atoms with van der Waals surface area (Å²) in [5, 5.41) is 7.76. The second-order valence-electron chi connectivity index (χ2n) is 27.8. The van der Waals surface area contributed by atoms with Gasteiger partial charge in [-0.05, 0) is 189 Å². The first kappa shape index (κ1) is 79.1. The van der Waals surface area contributed by atoms with Crippen molar-refractivity contribution in [2.75, 3.05) is 26.7 Å². The molecule has 6 fully saturated rings. The van der Waals surface area contributed by atoms with Crippen LogP contribution in [0, 0.1) is 97.8 Å². The number of piperidine rings is 3. The number of para-hydroxylation sites is 1. The zero-order chi connectivity index (χ0) is 75.8. The topological polar surface area (TPSA) is 331 Å². The zero-order valence-corrected chi connectivity index (χ0v) is 60.4. The summed E-state index contributed by atoms with van der Waals surface area (Å²) >= 11 is 0. The third-order valence-corrected chi connectivity index (χ3v) is 25.9. The number of amides is 3. The first-order valence-corrected chi connectivity index (χ1v) is 38.6. The minimum Gasteiger partial charge on any atom is -0.495 e. The van der Waals surface area contributed by atoms with Crippen molar-refractivity contribution < 1.29 is 88.4 Å². The number of nitrogens with two attached hydrogens (primary N) is 3. The predicted octanol–water partition coefficient (Wildman–Crippen LogP) is 7.13. The number of methoxy groups -OCH3 is 1. The minimum atomic E-state index is -3.96. The van der Waals surface area contributed by atoms with Gasteiger partial charge in [0.05, 0.1) is 38.1 Å². The number of hydrogen-bond donors (Lipinski definition) is 6. The lowest BCUT2D eigenvalue weighted by Crippen LogP contribution is -2.52. The van der Waals surface area contributed by atoms with Gasteiger partial charge in [-0.3, -0.25) is 19.1 Å². The number of rotatable bonds is 22. The van der Waals surface area contributed by atoms with Crippen molar-refractivity contribution in [3.05, 3.63) is 153 Å². The molecular weight excluding hydrogens is 1440 g/mol. The molecule has 2 aromatic heterocycles. The van der Waals surface area contributed by atoms with Gasteiger partial charge in [-0.15, -0.1) is 0 Å². The third kappa shape index (κ3) is 17.5. The molecule has 0 aliphatic carbocycles. The van der Waals surface area contributed by atoms with Crippen molar-refractivity contribution in [2.24, 2.45) is 42.0 Å². The van der Waals surface area contributed by atoms with Crippen LogP contribution in [0.25, 0.3) is 0 Å². The minimum absolute atomic E-state index is 0.0194. The van der Waals surface area contributed by atoms with Crippen LogP contribution >= 0.6 is 0 Å². The van der Waals surface area contributed by atoms with Crippen LogP contribution < -0.4 is 36.1 Å². The number of aryl methyl sites for hydroxylation is 4. The molecule has 6 aliphatic rings. The standard InChI is InChI=1S/C24H28F3N3O4S.C23H30F3N5O3S.C22H27F3N4O4S/c1-34-22-4-2-3-5-23(22)35(32,33)29-13-24(31)30-16-6-7-17(30)9-15(8-16)21(28)11-14-10-19(26)20(27)12-18(14)25;1-12-23(13(2)30(3)29-12)35(33,34)28-11-22(32)31-16-4-5-17(31)7-15(6-16)21(27)9-14-8-19(25)20(26)10-18(14)24;1-11-22(12(2)33-28-11)34(31,32)27-10-21(30)29-15-3-4-16(29)6-14(5-15)20(26)8-13-7-18(24)19(25)9-17(13)23/h2-5,10,12,15-17,21,29H,6-9,11,13,28H2,1H3;8,10,15-17,21,28H,4-7,9,11,27H2,1-3H3;7,9,14-16,20,27H,3-6,8,10,26H2,1-2H3/t2*15?,16-,17+,21-;14?,15-,16+,20-/m111/s1. The van der Waals surface area contributed by atoms with E-state index in [1.165, 1.54) is 37.8 Å². The van der Waals surface area contributed by atoms with E-state index in [2.05, 4.69) is 24.4 Å². The Morgan fingerprint density at radius 2 is 0.808 bits per heavy atom. The highest BCUT2D eigenvalue weighted by molar-refractivity contribution is 7.90. The summed E-state index contributed by atoms with van der Waals surface area (Å²) in [6.07, 6.45) is 8.23. The summed E-state index contributed by atoms with van der Waals surface area (Å²) in [5.41, 5.74) is 20.1. The van der Waals surface area contributed by atoms with Crippen molar-refractivity contribution in [3.8, 4) is 5.75 Å². The molecule has 0 radical (unpaired) electrons. The van der Waals surface area contributed by atoms with Crippen molar-refractivity contribution in [2.45, 2.75) is 193 Å². The molecular formula is C69H85F9N12O11S3. The van der Waals surface area contributed by atoms with E-state index in [0.717, 1.165) is 56.7 Å². The van der Waals surface area contributed by atoms with Gasteiger partial charge in [-0.1, -0.05) is 17.3 Å². The molecule has 4 aromatic carbocycles. The van der Waals surface area contributed by atoms with Gasteiger partial charge in [0, 0.05) is 79.6 Å². The Bertz CT molecular complexity index is 4500. The fraction of sp³-hybridized carbons (Fsp3) is 0.522. The highest BCUT2D eigenvalue weighted by atomic mass is 32.2. The van der Waals surface area contributed by atoms with Gasteiger partial charge < -0.3 is 41.2 Å². The number of fused-ring (bicyclic) bond motifs is 6. The number of carbonyl (C=O) groups excluding carboxylic acids is 3. The Labute approximate surface area is 597 Å². The second-order valence-corrected chi connectivity index (χ2v) is 33.0. The Kier molecular flexibility index (Phi) is 24.5. The summed E-state index contributed by atoms with van der Waals surface area (Å²) < 4.78 is 217. The summed E-state index contributed by atoms with van der Waals surface area (Å²) in [7, 11) is -8.81. The number of nitrogens with zero attached hydrogens (tertiary/aromatic N) is 6. The number of nitrogens with one attached hydrogen (secondary N) is 3. The largest absolute Gasteiger partial charge is 0.495 e. The first-order chi connectivity index (χ1) is 49.0. The Morgan fingerprint density at radius 3 is 1.12 bits per heavy atom. The maximum atomic E-state index is 14.1. The fourth-order valence-corrected chi connectivity index (χ4v) is 20.0. The molecule has 23 nitrogen and oxygen atoms in total. The number of carbonyl (C=O) groups is 3. The zero-order valence-electron chi connectivity index (χ0n) is 58.0. The Morgan fingerprint density at radius 1 is 0.490 bits per heavy atom. The van der Waals surface area contributed by atoms with Crippen LogP contribution in [-0.2, 0) is 70.8 Å². The normalized spacial score (nSPS) is 23.1. The molecule has 6 aliphatic heterocycles. The van der Waals surface area contributed by atoms with Gasteiger partial charge in [0.2, 0.25) is 47.8 Å². The lowest BCUT2D eigenvalue weighted by atomic mass is 9.82. The molecule has 35 heteroatoms. The first-order valence-electron chi connectivity index (χ1n) is 34.1. The molecule has 8 heterocycles. The SMILES string of the molecule is COc1ccccc1S(=O)(=O)NCC(=O)N1[C@@H]2CC[C@H]1CC([C@H](N)Cc1cc(F)c(F)cc1F)C2.Cc1nn(C)c(C)c1S(=O)(=O)NCC(=O)N1[C@@H]2CC[C@H]1CC([C@H](N)Cc1cc(F)c(F)cc1F)C2.Cc1noc(C)c1S(=O)(=O)NCC(=O)N1[C@@H]2CC[C@H]1CC([C@H](N)Cc1cc(F)c(F)cc1F)C2. The molecule has 12 atom stereocenters. The van der Waals surface area contributed by atoms with Crippen LogP contribution in [-0.4, -0.2) is 154 Å². The van der Waals surface area contributed by atoms with Gasteiger partial charge in [0.15, 0.2) is 40.7 Å². The van der Waals surface area contributed by atoms with E-state index in [1.807, 2.05) is 0 Å². The molecule has 104 heavy (non-hydrogen) atoms. The molecule has 3 amide bonds. The molecule has 568 valence electrons. The lowest BCUT2D eigenvalue weighted by Gasteiger charge is -2.41. The van der Waals surface area contributed by atoms with E-state index in [-0.39, 0.29) is 153 Å². The van der Waals surface area contributed by atoms with E-state index in [9.17, 15) is 79.2 Å². The average Bonchev–Trinajstić information content (AvgIpc) is 1.66. The molecule has 6 aromatic rings. The third-order valence-electron chi connectivity index (χ3n) is 21.2. The summed E-state index contributed by atoms with van der Waals surface area (Å²) in [4.78, 5) is 44.1. The molecule has 0 spiro atoms. The maximum absolute atomic E-state index is 14.1. The van der Waals surface area contributed by atoms with Crippen molar-refractivity contribution in [1.82, 2.24) is 43.8 Å². The highest BCUT2D eigenvalue weighted by Crippen LogP contribution is 2.44. The van der Waals surface area contributed by atoms with Gasteiger partial charge in [-0.2, -0.15) is 5.10 Å². The highest BCUT2D eigenvalue weighted by Gasteiger charge is 2.48. The number of ether oxygens (including phenoxy) is 1. The van der Waals surface area contributed by atoms with Gasteiger partial charge in [0.1, 0.15) is 43.6 Å². The van der Waals surface area contributed by atoms with Crippen molar-refractivity contribution >= 4 is 47.8 Å². The lowest BCUT2D eigenvalue weighted by molar-refractivity contribution is -0.136. The fourth-order valence-electron chi connectivity index (χ4n) is 16.2. The van der Waals surface area contributed by atoms with Crippen LogP contribution in [0.2, 0.25) is 0 Å². The molecule has 3 unspecified atom stereocenters. The Balaban J connectivity index is 0.000000167. The van der Waals surface area contributed by atoms with E-state index in [1.54, 1.807) is 47.7 Å². The smallest absolute Gasteiger partial charge is 0.246 e. The van der Waals surface area contributed by atoms with Crippen LogP contribution in [0.15, 0.2) is 79.9 Å². The predicted molar refractivity (Wildman–Crippen MR) is 360 cm³/mol. The molecule has 12 rings (SSSR count). The molecule has 6 saturated heterocycles. The van der Waals surface area contributed by atoms with Gasteiger partial charge in [-0.25, -0.2) is 78.9 Å². The van der Waals surface area contributed by atoms with Crippen molar-refractivity contribution in [1.29, 1.82) is 0 Å². The Hall–Kier alpha value is -7.51. The number of halogens is 9. The van der Waals surface area contributed by atoms with Crippen LogP contribution in [0.4, 0.5) is 39.5 Å². The maximum Gasteiger partial charge on any atom is 0.246 e. The van der Waals surface area contributed by atoms with Gasteiger partial charge in [0.25, 0.3) is 0 Å². The number of benzene rings is 4. The monoisotopic (exact) mass is 1520 g/mol. The second kappa shape index (κ2) is 32.3. The van der Waals surface area contributed by atoms with Gasteiger partial charge >= 0.3 is 0 Å². The summed E-state index contributed by atoms with van der Waals surface area (Å²) in [6, 6.07) is 8.14. The number of aromatic nitrogens is 3. The van der Waals surface area contributed by atoms with E-state index < -0.39 is 107 Å². The summed E-state index contributed by atoms with van der Waals surface area (Å²) in [6.45, 7) is 5.10. The van der Waals surface area contributed by atoms with Crippen LogP contribution in [0.1, 0.15) is 117 Å². The number of sulfonamides is 3. The quantitative estimate of drug-likeness (QED) is 0.0291. The number of hydrogen-bond acceptors (Lipinski definition) is 16. The van der Waals surface area contributed by atoms with E-state index >= 15 is 0 Å². The average molecular weight is 1530 g/mol. The van der Waals surface area contributed by atoms with Crippen LogP contribution in [0.3, 0.4) is 0 Å². The molecule has 0 saturated carbocycles. The molecule has 6 bridgehead atoms. The van der Waals surface area contributed by atoms with Crippen molar-refractivity contribution in [3.63, 3.8) is 0 Å². The van der Waals surface area contributed by atoms with Crippen LogP contribution in [0.5, 0.6) is 5.75 Å². The molecule has 9 N–H and O–H groups in total. The van der Waals surface area contributed by atoms with E-state index in [4.69, 9.17) is 26.5 Å². The summed E-state index contributed by atoms with van der Waals surface area (Å²) in [5.74, 6) is -10.3.